The Kier molecular flexibility index (Phi) is 6.11. The molecule has 0 saturated carbocycles. The summed E-state index contributed by atoms with van der Waals surface area (Å²) >= 11 is 0. The van der Waals surface area contributed by atoms with Gasteiger partial charge >= 0.3 is 0 Å². The highest BCUT2D eigenvalue weighted by Crippen LogP contribution is 2.19. The SMILES string of the molecule is CCNC(=NCc1cccc(C#N)c1)NCCc1c[nH]c2cc(C)ccc12. The van der Waals surface area contributed by atoms with E-state index in [2.05, 4.69) is 64.9 Å². The zero-order chi connectivity index (χ0) is 19.1. The molecule has 1 heterocycles. The molecule has 27 heavy (non-hydrogen) atoms. The second-order valence-corrected chi connectivity index (χ2v) is 6.55. The van der Waals surface area contributed by atoms with Gasteiger partial charge < -0.3 is 15.6 Å². The van der Waals surface area contributed by atoms with Gasteiger partial charge in [-0.3, -0.25) is 0 Å². The Morgan fingerprint density at radius 1 is 1.19 bits per heavy atom. The van der Waals surface area contributed by atoms with Crippen LogP contribution in [0, 0.1) is 18.3 Å². The summed E-state index contributed by atoms with van der Waals surface area (Å²) in [7, 11) is 0. The summed E-state index contributed by atoms with van der Waals surface area (Å²) in [6, 6.07) is 16.2. The quantitative estimate of drug-likeness (QED) is 0.464. The molecule has 0 radical (unpaired) electrons. The maximum absolute atomic E-state index is 9.01. The fourth-order valence-electron chi connectivity index (χ4n) is 3.07. The Balaban J connectivity index is 1.61. The normalized spacial score (nSPS) is 11.4. The van der Waals surface area contributed by atoms with Crippen molar-refractivity contribution in [2.45, 2.75) is 26.8 Å². The molecular weight excluding hydrogens is 334 g/mol. The topological polar surface area (TPSA) is 76.0 Å². The molecule has 0 aliphatic carbocycles. The molecular formula is C22H25N5. The van der Waals surface area contributed by atoms with Gasteiger partial charge in [0.15, 0.2) is 5.96 Å². The van der Waals surface area contributed by atoms with Crippen LogP contribution in [0.2, 0.25) is 0 Å². The Labute approximate surface area is 160 Å². The van der Waals surface area contributed by atoms with Crippen LogP contribution in [0.3, 0.4) is 0 Å². The van der Waals surface area contributed by atoms with Crippen LogP contribution in [0.5, 0.6) is 0 Å². The van der Waals surface area contributed by atoms with Gasteiger partial charge in [-0.15, -0.1) is 0 Å². The molecule has 0 aliphatic rings. The van der Waals surface area contributed by atoms with Crippen molar-refractivity contribution in [3.8, 4) is 6.07 Å². The number of nitrogens with zero attached hydrogens (tertiary/aromatic N) is 2. The first kappa shape index (κ1) is 18.5. The van der Waals surface area contributed by atoms with Crippen molar-refractivity contribution < 1.29 is 0 Å². The highest BCUT2D eigenvalue weighted by molar-refractivity contribution is 5.84. The molecule has 0 saturated heterocycles. The smallest absolute Gasteiger partial charge is 0.191 e. The second-order valence-electron chi connectivity index (χ2n) is 6.55. The van der Waals surface area contributed by atoms with Gasteiger partial charge in [-0.05, 0) is 55.2 Å². The van der Waals surface area contributed by atoms with Gasteiger partial charge in [-0.2, -0.15) is 5.26 Å². The molecule has 3 N–H and O–H groups in total. The van der Waals surface area contributed by atoms with E-state index < -0.39 is 0 Å². The number of hydrogen-bond acceptors (Lipinski definition) is 2. The van der Waals surface area contributed by atoms with Gasteiger partial charge in [-0.1, -0.05) is 24.3 Å². The zero-order valence-electron chi connectivity index (χ0n) is 15.8. The lowest BCUT2D eigenvalue weighted by molar-refractivity contribution is 0.801. The summed E-state index contributed by atoms with van der Waals surface area (Å²) in [5.41, 5.74) is 5.43. The highest BCUT2D eigenvalue weighted by Gasteiger charge is 2.04. The van der Waals surface area contributed by atoms with Crippen molar-refractivity contribution in [1.82, 2.24) is 15.6 Å². The Morgan fingerprint density at radius 3 is 2.89 bits per heavy atom. The van der Waals surface area contributed by atoms with Gasteiger partial charge in [0.05, 0.1) is 18.2 Å². The molecule has 0 amide bonds. The molecule has 0 spiro atoms. The molecule has 5 heteroatoms. The first-order valence-electron chi connectivity index (χ1n) is 9.27. The summed E-state index contributed by atoms with van der Waals surface area (Å²) in [5, 5.41) is 16.9. The lowest BCUT2D eigenvalue weighted by Crippen LogP contribution is -2.38. The van der Waals surface area contributed by atoms with Crippen molar-refractivity contribution in [1.29, 1.82) is 5.26 Å². The predicted molar refractivity (Wildman–Crippen MR) is 111 cm³/mol. The van der Waals surface area contributed by atoms with E-state index in [0.29, 0.717) is 12.1 Å². The summed E-state index contributed by atoms with van der Waals surface area (Å²) in [6.07, 6.45) is 3.00. The van der Waals surface area contributed by atoms with Gasteiger partial charge in [-0.25, -0.2) is 4.99 Å². The lowest BCUT2D eigenvalue weighted by atomic mass is 10.1. The lowest BCUT2D eigenvalue weighted by Gasteiger charge is -2.11. The van der Waals surface area contributed by atoms with Crippen LogP contribution < -0.4 is 10.6 Å². The second kappa shape index (κ2) is 8.91. The first-order valence-corrected chi connectivity index (χ1v) is 9.27. The van der Waals surface area contributed by atoms with E-state index in [1.54, 1.807) is 6.07 Å². The molecule has 138 valence electrons. The number of H-pyrrole nitrogens is 1. The third-order valence-electron chi connectivity index (χ3n) is 4.43. The molecule has 5 nitrogen and oxygen atoms in total. The molecule has 1 aromatic heterocycles. The number of hydrogen-bond donors (Lipinski definition) is 3. The number of nitriles is 1. The predicted octanol–water partition coefficient (Wildman–Crippen LogP) is 3.65. The van der Waals surface area contributed by atoms with Crippen LogP contribution in [0.1, 0.15) is 29.2 Å². The van der Waals surface area contributed by atoms with E-state index in [0.717, 1.165) is 31.0 Å². The summed E-state index contributed by atoms with van der Waals surface area (Å²) < 4.78 is 0. The van der Waals surface area contributed by atoms with Crippen LogP contribution in [0.15, 0.2) is 53.7 Å². The summed E-state index contributed by atoms with van der Waals surface area (Å²) in [6.45, 7) is 6.29. The van der Waals surface area contributed by atoms with Crippen LogP contribution in [0.4, 0.5) is 0 Å². The first-order chi connectivity index (χ1) is 13.2. The summed E-state index contributed by atoms with van der Waals surface area (Å²) in [5.74, 6) is 0.788. The number of aryl methyl sites for hydroxylation is 1. The maximum Gasteiger partial charge on any atom is 0.191 e. The van der Waals surface area contributed by atoms with Crippen molar-refractivity contribution in [3.05, 3.63) is 70.9 Å². The monoisotopic (exact) mass is 359 g/mol. The van der Waals surface area contributed by atoms with E-state index in [1.165, 1.54) is 22.0 Å². The number of rotatable bonds is 6. The van der Waals surface area contributed by atoms with E-state index >= 15 is 0 Å². The zero-order valence-corrected chi connectivity index (χ0v) is 15.8. The van der Waals surface area contributed by atoms with Gasteiger partial charge in [0.2, 0.25) is 0 Å². The number of aromatic nitrogens is 1. The fraction of sp³-hybridized carbons (Fsp3) is 0.273. The van der Waals surface area contributed by atoms with E-state index in [1.807, 2.05) is 18.2 Å². The number of nitrogens with one attached hydrogen (secondary N) is 3. The molecule has 0 fully saturated rings. The molecule has 0 unspecified atom stereocenters. The van der Waals surface area contributed by atoms with Crippen molar-refractivity contribution >= 4 is 16.9 Å². The largest absolute Gasteiger partial charge is 0.361 e. The van der Waals surface area contributed by atoms with E-state index in [4.69, 9.17) is 5.26 Å². The summed E-state index contributed by atoms with van der Waals surface area (Å²) in [4.78, 5) is 7.98. The van der Waals surface area contributed by atoms with Crippen LogP contribution >= 0.6 is 0 Å². The molecule has 0 bridgehead atoms. The van der Waals surface area contributed by atoms with E-state index in [-0.39, 0.29) is 0 Å². The van der Waals surface area contributed by atoms with Crippen LogP contribution in [0.25, 0.3) is 10.9 Å². The molecule has 3 rings (SSSR count). The van der Waals surface area contributed by atoms with Crippen molar-refractivity contribution in [2.24, 2.45) is 4.99 Å². The number of aliphatic imine (C=N–C) groups is 1. The third-order valence-corrected chi connectivity index (χ3v) is 4.43. The Hall–Kier alpha value is -3.26. The fourth-order valence-corrected chi connectivity index (χ4v) is 3.07. The maximum atomic E-state index is 9.01. The number of aromatic amines is 1. The average molecular weight is 359 g/mol. The van der Waals surface area contributed by atoms with Gasteiger partial charge in [0.1, 0.15) is 0 Å². The molecule has 3 aromatic rings. The minimum atomic E-state index is 0.539. The molecule has 0 atom stereocenters. The standard InChI is InChI=1S/C22H25N5/c1-3-24-22(27-14-18-6-4-5-17(12-18)13-23)25-10-9-19-15-26-21-11-16(2)7-8-20(19)21/h4-8,11-12,15,26H,3,9-10,14H2,1-2H3,(H2,24,25,27). The third kappa shape index (κ3) is 4.89. The minimum absolute atomic E-state index is 0.539. The van der Waals surface area contributed by atoms with Crippen LogP contribution in [-0.4, -0.2) is 24.0 Å². The molecule has 0 aliphatic heterocycles. The van der Waals surface area contributed by atoms with Crippen LogP contribution in [-0.2, 0) is 13.0 Å². The van der Waals surface area contributed by atoms with Gasteiger partial charge in [0.25, 0.3) is 0 Å². The van der Waals surface area contributed by atoms with Crippen molar-refractivity contribution in [2.75, 3.05) is 13.1 Å². The highest BCUT2D eigenvalue weighted by atomic mass is 15.2. The Morgan fingerprint density at radius 2 is 2.07 bits per heavy atom. The van der Waals surface area contributed by atoms with Gasteiger partial charge in [0, 0.05) is 30.2 Å². The van der Waals surface area contributed by atoms with E-state index in [9.17, 15) is 0 Å². The number of fused-ring (bicyclic) bond motifs is 1. The van der Waals surface area contributed by atoms with Crippen molar-refractivity contribution in [3.63, 3.8) is 0 Å². The minimum Gasteiger partial charge on any atom is -0.361 e. The number of benzene rings is 2. The Bertz CT molecular complexity index is 978. The average Bonchev–Trinajstić information content (AvgIpc) is 3.08. The number of guanidine groups is 1. The molecule has 2 aromatic carbocycles.